The van der Waals surface area contributed by atoms with Crippen LogP contribution in [0.25, 0.3) is 6.08 Å². The van der Waals surface area contributed by atoms with Crippen LogP contribution in [0.1, 0.15) is 17.7 Å². The Morgan fingerprint density at radius 2 is 2.05 bits per heavy atom. The number of thiophene rings is 1. The summed E-state index contributed by atoms with van der Waals surface area (Å²) in [5.74, 6) is -0.338. The van der Waals surface area contributed by atoms with Gasteiger partial charge < -0.3 is 14.4 Å². The van der Waals surface area contributed by atoms with Gasteiger partial charge in [-0.1, -0.05) is 6.07 Å². The topological polar surface area (TPSA) is 38.8 Å². The van der Waals surface area contributed by atoms with E-state index in [1.54, 1.807) is 17.4 Å². The van der Waals surface area contributed by atoms with Crippen LogP contribution in [0.4, 0.5) is 0 Å². The van der Waals surface area contributed by atoms with Gasteiger partial charge in [0.15, 0.2) is 5.79 Å². The minimum Gasteiger partial charge on any atom is -0.347 e. The van der Waals surface area contributed by atoms with Crippen molar-refractivity contribution in [2.45, 2.75) is 18.6 Å². The maximum Gasteiger partial charge on any atom is 0.246 e. The molecule has 0 bridgehead atoms. The van der Waals surface area contributed by atoms with Crippen LogP contribution >= 0.6 is 11.3 Å². The zero-order chi connectivity index (χ0) is 13.1. The van der Waals surface area contributed by atoms with Gasteiger partial charge in [0.05, 0.1) is 13.2 Å². The third kappa shape index (κ3) is 2.88. The summed E-state index contributed by atoms with van der Waals surface area (Å²) in [5.41, 5.74) is 0. The molecule has 4 nitrogen and oxygen atoms in total. The largest absolute Gasteiger partial charge is 0.347 e. The highest BCUT2D eigenvalue weighted by Gasteiger charge is 2.40. The molecule has 1 aromatic rings. The molecule has 0 radical (unpaired) electrons. The van der Waals surface area contributed by atoms with E-state index in [1.807, 2.05) is 28.5 Å². The number of carbonyl (C=O) groups is 1. The molecular formula is C14H17NO3S. The zero-order valence-corrected chi connectivity index (χ0v) is 11.5. The Bertz CT molecular complexity index is 453. The molecule has 102 valence electrons. The van der Waals surface area contributed by atoms with Gasteiger partial charge in [0.25, 0.3) is 0 Å². The Balaban J connectivity index is 1.54. The lowest BCUT2D eigenvalue weighted by Crippen LogP contribution is -2.46. The highest BCUT2D eigenvalue weighted by molar-refractivity contribution is 7.10. The molecule has 0 N–H and O–H groups in total. The SMILES string of the molecule is O=C(/C=C/c1cccs1)N1CCC2(CC1)OCCO2. The summed E-state index contributed by atoms with van der Waals surface area (Å²) in [4.78, 5) is 15.0. The average molecular weight is 279 g/mol. The van der Waals surface area contributed by atoms with Crippen molar-refractivity contribution in [2.75, 3.05) is 26.3 Å². The van der Waals surface area contributed by atoms with Gasteiger partial charge >= 0.3 is 0 Å². The second kappa shape index (κ2) is 5.45. The van der Waals surface area contributed by atoms with Crippen molar-refractivity contribution in [3.63, 3.8) is 0 Å². The van der Waals surface area contributed by atoms with Crippen LogP contribution in [0.2, 0.25) is 0 Å². The van der Waals surface area contributed by atoms with Crippen LogP contribution in [0.5, 0.6) is 0 Å². The first-order chi connectivity index (χ1) is 9.27. The number of amides is 1. The molecule has 0 aromatic carbocycles. The minimum absolute atomic E-state index is 0.0706. The van der Waals surface area contributed by atoms with Crippen LogP contribution < -0.4 is 0 Å². The van der Waals surface area contributed by atoms with Gasteiger partial charge in [-0.25, -0.2) is 0 Å². The van der Waals surface area contributed by atoms with E-state index in [0.29, 0.717) is 26.3 Å². The van der Waals surface area contributed by atoms with Crippen LogP contribution in [0, 0.1) is 0 Å². The molecule has 3 heterocycles. The van der Waals surface area contributed by atoms with E-state index in [-0.39, 0.29) is 5.91 Å². The number of nitrogens with zero attached hydrogens (tertiary/aromatic N) is 1. The van der Waals surface area contributed by atoms with Crippen molar-refractivity contribution < 1.29 is 14.3 Å². The van der Waals surface area contributed by atoms with Crippen molar-refractivity contribution >= 4 is 23.3 Å². The number of piperidine rings is 1. The summed E-state index contributed by atoms with van der Waals surface area (Å²) < 4.78 is 11.3. The minimum atomic E-state index is -0.408. The second-order valence-electron chi connectivity index (χ2n) is 4.78. The molecule has 1 aromatic heterocycles. The summed E-state index contributed by atoms with van der Waals surface area (Å²) in [6, 6.07) is 3.98. The van der Waals surface area contributed by atoms with E-state index in [1.165, 1.54) is 0 Å². The number of rotatable bonds is 2. The summed E-state index contributed by atoms with van der Waals surface area (Å²) in [6.45, 7) is 2.75. The van der Waals surface area contributed by atoms with Gasteiger partial charge in [-0.2, -0.15) is 0 Å². The molecule has 5 heteroatoms. The van der Waals surface area contributed by atoms with E-state index in [9.17, 15) is 4.79 Å². The molecule has 2 fully saturated rings. The van der Waals surface area contributed by atoms with Gasteiger partial charge in [0.2, 0.25) is 5.91 Å². The van der Waals surface area contributed by atoms with Crippen molar-refractivity contribution in [3.05, 3.63) is 28.5 Å². The summed E-state index contributed by atoms with van der Waals surface area (Å²) in [6.07, 6.45) is 5.07. The maximum absolute atomic E-state index is 12.1. The molecule has 1 spiro atoms. The third-order valence-electron chi connectivity index (χ3n) is 3.58. The van der Waals surface area contributed by atoms with Crippen LogP contribution in [-0.4, -0.2) is 42.9 Å². The lowest BCUT2D eigenvalue weighted by molar-refractivity contribution is -0.186. The number of hydrogen-bond donors (Lipinski definition) is 0. The van der Waals surface area contributed by atoms with Gasteiger partial charge in [-0.15, -0.1) is 11.3 Å². The van der Waals surface area contributed by atoms with Crippen molar-refractivity contribution in [1.29, 1.82) is 0 Å². The van der Waals surface area contributed by atoms with Gasteiger partial charge in [-0.3, -0.25) is 4.79 Å². The third-order valence-corrected chi connectivity index (χ3v) is 4.42. The smallest absolute Gasteiger partial charge is 0.246 e. The Morgan fingerprint density at radius 3 is 2.68 bits per heavy atom. The standard InChI is InChI=1S/C14H17NO3S/c16-13(4-3-12-2-1-11-19-12)15-7-5-14(6-8-15)17-9-10-18-14/h1-4,11H,5-10H2/b4-3+. The van der Waals surface area contributed by atoms with Crippen molar-refractivity contribution in [1.82, 2.24) is 4.90 Å². The van der Waals surface area contributed by atoms with Crippen molar-refractivity contribution in [3.8, 4) is 0 Å². The lowest BCUT2D eigenvalue weighted by Gasteiger charge is -2.37. The first-order valence-corrected chi connectivity index (χ1v) is 7.44. The molecule has 0 unspecified atom stereocenters. The Morgan fingerprint density at radius 1 is 1.32 bits per heavy atom. The molecular weight excluding hydrogens is 262 g/mol. The number of hydrogen-bond acceptors (Lipinski definition) is 4. The normalized spacial score (nSPS) is 22.4. The second-order valence-corrected chi connectivity index (χ2v) is 5.76. The van der Waals surface area contributed by atoms with Gasteiger partial charge in [0, 0.05) is 36.9 Å². The Hall–Kier alpha value is -1.17. The molecule has 1 amide bonds. The summed E-state index contributed by atoms with van der Waals surface area (Å²) in [5, 5.41) is 2.00. The lowest BCUT2D eigenvalue weighted by atomic mass is 10.0. The molecule has 19 heavy (non-hydrogen) atoms. The van der Waals surface area contributed by atoms with E-state index < -0.39 is 5.79 Å². The molecule has 2 saturated heterocycles. The fourth-order valence-electron chi connectivity index (χ4n) is 2.50. The van der Waals surface area contributed by atoms with E-state index in [4.69, 9.17) is 9.47 Å². The monoisotopic (exact) mass is 279 g/mol. The first-order valence-electron chi connectivity index (χ1n) is 6.56. The molecule has 3 rings (SSSR count). The first kappa shape index (κ1) is 12.8. The van der Waals surface area contributed by atoms with Crippen LogP contribution in [0.15, 0.2) is 23.6 Å². The fourth-order valence-corrected chi connectivity index (χ4v) is 3.12. The molecule has 0 saturated carbocycles. The quantitative estimate of drug-likeness (QED) is 0.778. The van der Waals surface area contributed by atoms with Crippen molar-refractivity contribution in [2.24, 2.45) is 0 Å². The number of carbonyl (C=O) groups excluding carboxylic acids is 1. The van der Waals surface area contributed by atoms with Gasteiger partial charge in [-0.05, 0) is 17.5 Å². The highest BCUT2D eigenvalue weighted by Crippen LogP contribution is 2.31. The van der Waals surface area contributed by atoms with Crippen LogP contribution in [0.3, 0.4) is 0 Å². The maximum atomic E-state index is 12.1. The predicted octanol–water partition coefficient (Wildman–Crippen LogP) is 2.13. The predicted molar refractivity (Wildman–Crippen MR) is 73.8 cm³/mol. The van der Waals surface area contributed by atoms with Crippen LogP contribution in [-0.2, 0) is 14.3 Å². The molecule has 2 aliphatic heterocycles. The van der Waals surface area contributed by atoms with E-state index >= 15 is 0 Å². The molecule has 0 aliphatic carbocycles. The number of likely N-dealkylation sites (tertiary alicyclic amines) is 1. The Kier molecular flexibility index (Phi) is 3.68. The molecule has 0 atom stereocenters. The zero-order valence-electron chi connectivity index (χ0n) is 10.7. The fraction of sp³-hybridized carbons (Fsp3) is 0.500. The van der Waals surface area contributed by atoms with Gasteiger partial charge in [0.1, 0.15) is 0 Å². The summed E-state index contributed by atoms with van der Waals surface area (Å²) >= 11 is 1.63. The average Bonchev–Trinajstić information content (AvgIpc) is 3.09. The molecule has 2 aliphatic rings. The Labute approximate surface area is 116 Å². The summed E-state index contributed by atoms with van der Waals surface area (Å²) in [7, 11) is 0. The highest BCUT2D eigenvalue weighted by atomic mass is 32.1. The van der Waals surface area contributed by atoms with E-state index in [0.717, 1.165) is 17.7 Å². The van der Waals surface area contributed by atoms with E-state index in [2.05, 4.69) is 0 Å². The number of ether oxygens (including phenoxy) is 2.